The SMILES string of the molecule is C#CCCC1(CCC(=O)N(C)C[C@@H]2C[C@H](F)CN2Cc2cnn(C)c2)N=N1. The number of aryl methyl sites for hydroxylation is 1. The second-order valence-electron chi connectivity index (χ2n) is 7.60. The standard InChI is InChI=1S/C19H27FN6O/c1-4-5-7-19(22-23-19)8-6-18(27)24(2)14-17-9-16(20)13-26(17)12-15-10-21-25(3)11-15/h1,10-11,16-17H,5-9,12-14H2,2-3H3/t16-,17-/m0/s1. The van der Waals surface area contributed by atoms with Gasteiger partial charge in [0.1, 0.15) is 6.17 Å². The maximum absolute atomic E-state index is 14.0. The predicted molar refractivity (Wildman–Crippen MR) is 99.4 cm³/mol. The quantitative estimate of drug-likeness (QED) is 0.622. The Labute approximate surface area is 159 Å². The molecule has 1 amide bonds. The van der Waals surface area contributed by atoms with Crippen LogP contribution < -0.4 is 0 Å². The largest absolute Gasteiger partial charge is 0.344 e. The molecule has 3 heterocycles. The summed E-state index contributed by atoms with van der Waals surface area (Å²) in [6.07, 6.45) is 10.9. The van der Waals surface area contributed by atoms with E-state index in [1.165, 1.54) is 0 Å². The number of aromatic nitrogens is 2. The monoisotopic (exact) mass is 374 g/mol. The molecule has 0 N–H and O–H groups in total. The molecule has 1 saturated heterocycles. The molecule has 2 atom stereocenters. The van der Waals surface area contributed by atoms with Gasteiger partial charge in [-0.25, -0.2) is 4.39 Å². The van der Waals surface area contributed by atoms with Crippen molar-refractivity contribution < 1.29 is 9.18 Å². The lowest BCUT2D eigenvalue weighted by Crippen LogP contribution is -2.41. The van der Waals surface area contributed by atoms with E-state index in [1.807, 2.05) is 13.2 Å². The Morgan fingerprint density at radius 1 is 1.48 bits per heavy atom. The van der Waals surface area contributed by atoms with E-state index >= 15 is 0 Å². The van der Waals surface area contributed by atoms with Crippen molar-refractivity contribution in [1.82, 2.24) is 19.6 Å². The van der Waals surface area contributed by atoms with Crippen molar-refractivity contribution >= 4 is 5.91 Å². The zero-order chi connectivity index (χ0) is 19.4. The number of amides is 1. The van der Waals surface area contributed by atoms with Gasteiger partial charge in [0.05, 0.1) is 6.20 Å². The van der Waals surface area contributed by atoms with Gasteiger partial charge in [0.25, 0.3) is 0 Å². The van der Waals surface area contributed by atoms with Gasteiger partial charge >= 0.3 is 0 Å². The number of likely N-dealkylation sites (tertiary alicyclic amines) is 1. The molecule has 27 heavy (non-hydrogen) atoms. The Bertz CT molecular complexity index is 733. The van der Waals surface area contributed by atoms with E-state index in [1.54, 1.807) is 22.8 Å². The van der Waals surface area contributed by atoms with Crippen molar-refractivity contribution in [3.05, 3.63) is 18.0 Å². The molecule has 0 aromatic carbocycles. The summed E-state index contributed by atoms with van der Waals surface area (Å²) in [5, 5.41) is 12.3. The van der Waals surface area contributed by atoms with E-state index in [4.69, 9.17) is 6.42 Å². The number of carbonyl (C=O) groups is 1. The van der Waals surface area contributed by atoms with Gasteiger partial charge in [-0.15, -0.1) is 12.3 Å². The van der Waals surface area contributed by atoms with Crippen molar-refractivity contribution in [2.45, 2.75) is 56.5 Å². The highest BCUT2D eigenvalue weighted by Gasteiger charge is 2.40. The number of rotatable bonds is 9. The van der Waals surface area contributed by atoms with Crippen LogP contribution in [0.1, 0.15) is 37.7 Å². The van der Waals surface area contributed by atoms with Gasteiger partial charge in [-0.3, -0.25) is 14.4 Å². The van der Waals surface area contributed by atoms with Gasteiger partial charge in [-0.2, -0.15) is 15.3 Å². The highest BCUT2D eigenvalue weighted by atomic mass is 19.1. The number of terminal acetylenes is 1. The van der Waals surface area contributed by atoms with Gasteiger partial charge in [-0.1, -0.05) is 0 Å². The fourth-order valence-electron chi connectivity index (χ4n) is 3.68. The topological polar surface area (TPSA) is 66.1 Å². The van der Waals surface area contributed by atoms with Crippen LogP contribution >= 0.6 is 0 Å². The first-order chi connectivity index (χ1) is 12.9. The van der Waals surface area contributed by atoms with E-state index in [-0.39, 0.29) is 11.9 Å². The Kier molecular flexibility index (Phi) is 5.90. The fraction of sp³-hybridized carbons (Fsp3) is 0.684. The maximum Gasteiger partial charge on any atom is 0.222 e. The van der Waals surface area contributed by atoms with Crippen LogP contribution in [0.2, 0.25) is 0 Å². The van der Waals surface area contributed by atoms with Crippen LogP contribution in [0.25, 0.3) is 0 Å². The van der Waals surface area contributed by atoms with Crippen molar-refractivity contribution in [2.24, 2.45) is 17.3 Å². The van der Waals surface area contributed by atoms with Crippen molar-refractivity contribution in [2.75, 3.05) is 20.1 Å². The Balaban J connectivity index is 1.48. The number of likely N-dealkylation sites (N-methyl/N-ethyl adjacent to an activating group) is 1. The zero-order valence-corrected chi connectivity index (χ0v) is 16.0. The smallest absolute Gasteiger partial charge is 0.222 e. The molecule has 0 bridgehead atoms. The van der Waals surface area contributed by atoms with Gasteiger partial charge in [0.2, 0.25) is 5.91 Å². The number of hydrogen-bond acceptors (Lipinski definition) is 5. The molecule has 1 aromatic rings. The van der Waals surface area contributed by atoms with E-state index in [0.717, 1.165) is 5.56 Å². The van der Waals surface area contributed by atoms with E-state index in [2.05, 4.69) is 26.1 Å². The molecule has 0 unspecified atom stereocenters. The third-order valence-electron chi connectivity index (χ3n) is 5.32. The molecule has 2 aliphatic rings. The minimum atomic E-state index is -0.855. The fourth-order valence-corrected chi connectivity index (χ4v) is 3.68. The van der Waals surface area contributed by atoms with Gasteiger partial charge in [0.15, 0.2) is 5.66 Å². The average molecular weight is 374 g/mol. The van der Waals surface area contributed by atoms with Crippen LogP contribution in [0, 0.1) is 12.3 Å². The molecule has 1 aromatic heterocycles. The summed E-state index contributed by atoms with van der Waals surface area (Å²) in [4.78, 5) is 16.3. The third kappa shape index (κ3) is 5.13. The number of hydrogen-bond donors (Lipinski definition) is 0. The highest BCUT2D eigenvalue weighted by Crippen LogP contribution is 2.37. The number of alkyl halides is 1. The average Bonchev–Trinajstić information content (AvgIpc) is 3.17. The van der Waals surface area contributed by atoms with Crippen LogP contribution in [0.4, 0.5) is 4.39 Å². The molecule has 0 saturated carbocycles. The summed E-state index contributed by atoms with van der Waals surface area (Å²) in [6.45, 7) is 1.56. The second-order valence-corrected chi connectivity index (χ2v) is 7.60. The van der Waals surface area contributed by atoms with E-state index < -0.39 is 11.8 Å². The molecular formula is C19H27FN6O. The van der Waals surface area contributed by atoms with Crippen molar-refractivity contribution in [3.8, 4) is 12.3 Å². The van der Waals surface area contributed by atoms with E-state index in [9.17, 15) is 9.18 Å². The van der Waals surface area contributed by atoms with Crippen LogP contribution in [0.15, 0.2) is 22.6 Å². The molecule has 0 spiro atoms. The highest BCUT2D eigenvalue weighted by molar-refractivity contribution is 5.76. The predicted octanol–water partition coefficient (Wildman–Crippen LogP) is 2.15. The van der Waals surface area contributed by atoms with Crippen molar-refractivity contribution in [3.63, 3.8) is 0 Å². The Morgan fingerprint density at radius 2 is 2.26 bits per heavy atom. The van der Waals surface area contributed by atoms with Crippen LogP contribution in [-0.4, -0.2) is 63.5 Å². The molecule has 146 valence electrons. The lowest BCUT2D eigenvalue weighted by atomic mass is 10.0. The third-order valence-corrected chi connectivity index (χ3v) is 5.32. The minimum absolute atomic E-state index is 0.0138. The number of nitrogens with zero attached hydrogens (tertiary/aromatic N) is 6. The molecule has 2 aliphatic heterocycles. The van der Waals surface area contributed by atoms with Crippen molar-refractivity contribution in [1.29, 1.82) is 0 Å². The molecule has 0 aliphatic carbocycles. The number of halogens is 1. The first kappa shape index (κ1) is 19.5. The summed E-state index contributed by atoms with van der Waals surface area (Å²) < 4.78 is 15.8. The maximum atomic E-state index is 14.0. The lowest BCUT2D eigenvalue weighted by molar-refractivity contribution is -0.130. The van der Waals surface area contributed by atoms with Crippen LogP contribution in [0.5, 0.6) is 0 Å². The molecular weight excluding hydrogens is 347 g/mol. The first-order valence-electron chi connectivity index (χ1n) is 9.38. The Hall–Kier alpha value is -2.27. The normalized spacial score (nSPS) is 23.3. The minimum Gasteiger partial charge on any atom is -0.344 e. The zero-order valence-electron chi connectivity index (χ0n) is 16.0. The molecule has 7 nitrogen and oxygen atoms in total. The first-order valence-corrected chi connectivity index (χ1v) is 9.38. The van der Waals surface area contributed by atoms with Gasteiger partial charge < -0.3 is 4.90 Å². The van der Waals surface area contributed by atoms with E-state index in [0.29, 0.717) is 51.7 Å². The molecule has 0 radical (unpaired) electrons. The summed E-state index contributed by atoms with van der Waals surface area (Å²) >= 11 is 0. The second kappa shape index (κ2) is 8.17. The van der Waals surface area contributed by atoms with Gasteiger partial charge in [-0.05, 0) is 6.42 Å². The molecule has 8 heteroatoms. The van der Waals surface area contributed by atoms with Crippen LogP contribution in [-0.2, 0) is 18.4 Å². The number of carbonyl (C=O) groups excluding carboxylic acids is 1. The lowest BCUT2D eigenvalue weighted by Gasteiger charge is -2.28. The summed E-state index contributed by atoms with van der Waals surface area (Å²) in [7, 11) is 3.65. The molecule has 1 fully saturated rings. The van der Waals surface area contributed by atoms with Crippen LogP contribution in [0.3, 0.4) is 0 Å². The summed E-state index contributed by atoms with van der Waals surface area (Å²) in [6, 6.07) is 0.0138. The summed E-state index contributed by atoms with van der Waals surface area (Å²) in [5.41, 5.74) is 0.616. The molecule has 3 rings (SSSR count). The van der Waals surface area contributed by atoms with Gasteiger partial charge in [0, 0.05) is 77.2 Å². The Morgan fingerprint density at radius 3 is 2.89 bits per heavy atom. The summed E-state index contributed by atoms with van der Waals surface area (Å²) in [5.74, 6) is 2.63.